The molecular formula is C9H6ClF2NO5. The van der Waals surface area contributed by atoms with Crippen LogP contribution in [0.1, 0.15) is 15.9 Å². The summed E-state index contributed by atoms with van der Waals surface area (Å²) in [7, 11) is 0. The van der Waals surface area contributed by atoms with Gasteiger partial charge < -0.3 is 9.84 Å². The van der Waals surface area contributed by atoms with Crippen molar-refractivity contribution in [3.05, 3.63) is 33.4 Å². The Morgan fingerprint density at radius 2 is 2.17 bits per heavy atom. The van der Waals surface area contributed by atoms with Crippen molar-refractivity contribution in [2.24, 2.45) is 0 Å². The van der Waals surface area contributed by atoms with Gasteiger partial charge in [-0.25, -0.2) is 4.79 Å². The van der Waals surface area contributed by atoms with Crippen molar-refractivity contribution in [1.29, 1.82) is 0 Å². The maximum absolute atomic E-state index is 12.1. The molecule has 1 N–H and O–H groups in total. The Bertz CT molecular complexity index is 494. The molecule has 0 saturated heterocycles. The van der Waals surface area contributed by atoms with Crippen LogP contribution in [0.5, 0.6) is 5.75 Å². The third-order valence-corrected chi connectivity index (χ3v) is 2.25. The number of aromatic carboxylic acids is 1. The van der Waals surface area contributed by atoms with E-state index in [4.69, 9.17) is 16.7 Å². The number of hydrogen-bond donors (Lipinski definition) is 1. The number of carboxylic acid groups (broad SMARTS) is 1. The van der Waals surface area contributed by atoms with Gasteiger partial charge in [0, 0.05) is 17.7 Å². The minimum atomic E-state index is -3.19. The van der Waals surface area contributed by atoms with Crippen LogP contribution in [0, 0.1) is 10.1 Å². The quantitative estimate of drug-likeness (QED) is 0.509. The van der Waals surface area contributed by atoms with Gasteiger partial charge in [-0.1, -0.05) is 0 Å². The summed E-state index contributed by atoms with van der Waals surface area (Å²) in [6.07, 6.45) is 0. The summed E-state index contributed by atoms with van der Waals surface area (Å²) in [6, 6.07) is 1.46. The topological polar surface area (TPSA) is 89.7 Å². The number of ether oxygens (including phenoxy) is 1. The highest BCUT2D eigenvalue weighted by Gasteiger charge is 2.24. The third kappa shape index (κ3) is 3.04. The summed E-state index contributed by atoms with van der Waals surface area (Å²) in [5.41, 5.74) is -1.57. The highest BCUT2D eigenvalue weighted by molar-refractivity contribution is 6.17. The van der Waals surface area contributed by atoms with Gasteiger partial charge in [-0.15, -0.1) is 11.6 Å². The largest absolute Gasteiger partial charge is 0.477 e. The van der Waals surface area contributed by atoms with Gasteiger partial charge in [0.15, 0.2) is 0 Å². The van der Waals surface area contributed by atoms with Crippen LogP contribution in [0.25, 0.3) is 0 Å². The lowest BCUT2D eigenvalue weighted by Crippen LogP contribution is -2.08. The Labute approximate surface area is 104 Å². The van der Waals surface area contributed by atoms with E-state index in [-0.39, 0.29) is 11.4 Å². The zero-order valence-corrected chi connectivity index (χ0v) is 9.36. The average molecular weight is 282 g/mol. The maximum Gasteiger partial charge on any atom is 0.387 e. The SMILES string of the molecule is O=C(O)c1cc(OC(F)F)c(CCl)cc1[N+](=O)[O-]. The molecule has 0 aliphatic rings. The molecule has 0 unspecified atom stereocenters. The molecule has 0 heterocycles. The highest BCUT2D eigenvalue weighted by atomic mass is 35.5. The monoisotopic (exact) mass is 281 g/mol. The van der Waals surface area contributed by atoms with Gasteiger partial charge in [0.05, 0.1) is 10.8 Å². The summed E-state index contributed by atoms with van der Waals surface area (Å²) in [4.78, 5) is 20.5. The molecular weight excluding hydrogens is 276 g/mol. The molecule has 0 aliphatic carbocycles. The number of halogens is 3. The molecule has 0 radical (unpaired) electrons. The number of nitrogens with zero attached hydrogens (tertiary/aromatic N) is 1. The van der Waals surface area contributed by atoms with E-state index in [9.17, 15) is 23.7 Å². The normalized spacial score (nSPS) is 10.4. The van der Waals surface area contributed by atoms with E-state index in [0.29, 0.717) is 6.07 Å². The molecule has 0 saturated carbocycles. The average Bonchev–Trinajstić information content (AvgIpc) is 2.27. The van der Waals surface area contributed by atoms with Gasteiger partial charge in [0.2, 0.25) is 0 Å². The highest BCUT2D eigenvalue weighted by Crippen LogP contribution is 2.31. The Hall–Kier alpha value is -1.96. The van der Waals surface area contributed by atoms with E-state index < -0.39 is 34.5 Å². The fourth-order valence-corrected chi connectivity index (χ4v) is 1.45. The zero-order valence-electron chi connectivity index (χ0n) is 8.60. The van der Waals surface area contributed by atoms with Crippen LogP contribution in [0.15, 0.2) is 12.1 Å². The number of hydrogen-bond acceptors (Lipinski definition) is 4. The molecule has 0 aliphatic heterocycles. The first-order valence-electron chi connectivity index (χ1n) is 4.42. The number of alkyl halides is 3. The van der Waals surface area contributed by atoms with Gasteiger partial charge in [0.25, 0.3) is 5.69 Å². The predicted octanol–water partition coefficient (Wildman–Crippen LogP) is 2.63. The van der Waals surface area contributed by atoms with E-state index in [1.807, 2.05) is 0 Å². The summed E-state index contributed by atoms with van der Waals surface area (Å²) in [5.74, 6) is -2.45. The van der Waals surface area contributed by atoms with Crippen LogP contribution in [0.2, 0.25) is 0 Å². The number of carbonyl (C=O) groups is 1. The number of nitro benzene ring substituents is 1. The Balaban J connectivity index is 3.41. The Morgan fingerprint density at radius 1 is 1.56 bits per heavy atom. The second-order valence-electron chi connectivity index (χ2n) is 3.05. The van der Waals surface area contributed by atoms with Crippen molar-refractivity contribution >= 4 is 23.3 Å². The van der Waals surface area contributed by atoms with E-state index in [2.05, 4.69) is 4.74 Å². The number of rotatable bonds is 5. The Morgan fingerprint density at radius 3 is 2.56 bits per heavy atom. The van der Waals surface area contributed by atoms with Crippen LogP contribution in [-0.4, -0.2) is 22.6 Å². The second-order valence-corrected chi connectivity index (χ2v) is 3.32. The summed E-state index contributed by atoms with van der Waals surface area (Å²) in [6.45, 7) is -3.19. The van der Waals surface area contributed by atoms with E-state index in [1.165, 1.54) is 0 Å². The first-order valence-corrected chi connectivity index (χ1v) is 4.95. The lowest BCUT2D eigenvalue weighted by molar-refractivity contribution is -0.385. The summed E-state index contributed by atoms with van der Waals surface area (Å²) in [5, 5.41) is 19.4. The summed E-state index contributed by atoms with van der Waals surface area (Å²) >= 11 is 5.43. The first-order chi connectivity index (χ1) is 8.36. The lowest BCUT2D eigenvalue weighted by atomic mass is 10.1. The van der Waals surface area contributed by atoms with E-state index in [0.717, 1.165) is 6.07 Å². The van der Waals surface area contributed by atoms with Crippen molar-refractivity contribution in [3.8, 4) is 5.75 Å². The molecule has 0 fully saturated rings. The van der Waals surface area contributed by atoms with Crippen LogP contribution in [-0.2, 0) is 5.88 Å². The lowest BCUT2D eigenvalue weighted by Gasteiger charge is -2.10. The number of nitro groups is 1. The van der Waals surface area contributed by atoms with Crippen LogP contribution in [0.4, 0.5) is 14.5 Å². The van der Waals surface area contributed by atoms with E-state index in [1.54, 1.807) is 0 Å². The molecule has 1 aromatic carbocycles. The smallest absolute Gasteiger partial charge is 0.387 e. The number of benzene rings is 1. The molecule has 0 aromatic heterocycles. The zero-order chi connectivity index (χ0) is 13.9. The van der Waals surface area contributed by atoms with Gasteiger partial charge >= 0.3 is 12.6 Å². The Kier molecular flexibility index (Phi) is 4.38. The van der Waals surface area contributed by atoms with E-state index >= 15 is 0 Å². The predicted molar refractivity (Wildman–Crippen MR) is 56.2 cm³/mol. The molecule has 9 heteroatoms. The molecule has 6 nitrogen and oxygen atoms in total. The molecule has 0 amide bonds. The molecule has 98 valence electrons. The van der Waals surface area contributed by atoms with Crippen LogP contribution >= 0.6 is 11.6 Å². The fourth-order valence-electron chi connectivity index (χ4n) is 1.24. The molecule has 1 rings (SSSR count). The standard InChI is InChI=1S/C9H6ClF2NO5/c10-3-4-1-6(13(16)17)5(8(14)15)2-7(4)18-9(11)12/h1-2,9H,3H2,(H,14,15). The molecule has 1 aromatic rings. The number of carboxylic acids is 1. The first kappa shape index (κ1) is 14.1. The van der Waals surface area contributed by atoms with Crippen LogP contribution < -0.4 is 4.74 Å². The van der Waals surface area contributed by atoms with Crippen molar-refractivity contribution in [2.75, 3.05) is 0 Å². The molecule has 0 bridgehead atoms. The maximum atomic E-state index is 12.1. The molecule has 18 heavy (non-hydrogen) atoms. The minimum absolute atomic E-state index is 0.0892. The minimum Gasteiger partial charge on any atom is -0.477 e. The molecule has 0 spiro atoms. The van der Waals surface area contributed by atoms with Gasteiger partial charge in [-0.3, -0.25) is 10.1 Å². The van der Waals surface area contributed by atoms with Crippen molar-refractivity contribution in [2.45, 2.75) is 12.5 Å². The van der Waals surface area contributed by atoms with Crippen molar-refractivity contribution in [3.63, 3.8) is 0 Å². The fraction of sp³-hybridized carbons (Fsp3) is 0.222. The second kappa shape index (κ2) is 5.58. The van der Waals surface area contributed by atoms with Crippen molar-refractivity contribution < 1.29 is 28.3 Å². The van der Waals surface area contributed by atoms with Gasteiger partial charge in [0.1, 0.15) is 11.3 Å². The van der Waals surface area contributed by atoms with Gasteiger partial charge in [-0.2, -0.15) is 8.78 Å². The van der Waals surface area contributed by atoms with Crippen molar-refractivity contribution in [1.82, 2.24) is 0 Å². The molecule has 0 atom stereocenters. The van der Waals surface area contributed by atoms with Gasteiger partial charge in [-0.05, 0) is 0 Å². The summed E-state index contributed by atoms with van der Waals surface area (Å²) < 4.78 is 28.2. The van der Waals surface area contributed by atoms with Crippen LogP contribution in [0.3, 0.4) is 0 Å². The third-order valence-electron chi connectivity index (χ3n) is 1.97.